The molecule has 20 heavy (non-hydrogen) atoms. The van der Waals surface area contributed by atoms with Crippen molar-refractivity contribution >= 4 is 6.03 Å². The first-order valence-corrected chi connectivity index (χ1v) is 8.02. The first-order valence-electron chi connectivity index (χ1n) is 8.02. The lowest BCUT2D eigenvalue weighted by atomic mass is 9.86. The van der Waals surface area contributed by atoms with Crippen LogP contribution in [0.3, 0.4) is 0 Å². The highest BCUT2D eigenvalue weighted by Crippen LogP contribution is 2.25. The summed E-state index contributed by atoms with van der Waals surface area (Å²) in [5.74, 6) is 0.247. The summed E-state index contributed by atoms with van der Waals surface area (Å²) in [6, 6.07) is -0.0126. The second kappa shape index (κ2) is 7.67. The standard InChI is InChI=1S/C16H28N2O2/c1-18(12-14-8-4-5-9-15(14)19)16(20)17-11-10-13-6-2-3-7-13/h6,14-15,19H,2-5,7-12H2,1H3,(H,17,20). The Morgan fingerprint density at radius 3 is 2.90 bits per heavy atom. The zero-order chi connectivity index (χ0) is 14.4. The van der Waals surface area contributed by atoms with E-state index in [1.54, 1.807) is 4.90 Å². The summed E-state index contributed by atoms with van der Waals surface area (Å²) >= 11 is 0. The summed E-state index contributed by atoms with van der Waals surface area (Å²) in [4.78, 5) is 13.7. The van der Waals surface area contributed by atoms with Crippen molar-refractivity contribution in [2.24, 2.45) is 5.92 Å². The van der Waals surface area contributed by atoms with Gasteiger partial charge in [-0.15, -0.1) is 0 Å². The normalized spacial score (nSPS) is 26.2. The third-order valence-electron chi connectivity index (χ3n) is 4.58. The van der Waals surface area contributed by atoms with Gasteiger partial charge in [-0.25, -0.2) is 4.79 Å². The lowest BCUT2D eigenvalue weighted by Crippen LogP contribution is -2.43. The molecule has 2 aliphatic carbocycles. The molecule has 2 unspecified atom stereocenters. The van der Waals surface area contributed by atoms with E-state index in [2.05, 4.69) is 11.4 Å². The van der Waals surface area contributed by atoms with E-state index >= 15 is 0 Å². The molecule has 4 nitrogen and oxygen atoms in total. The SMILES string of the molecule is CN(CC1CCCCC1O)C(=O)NCCC1=CCCC1. The number of rotatable bonds is 5. The van der Waals surface area contributed by atoms with Gasteiger partial charge in [-0.05, 0) is 38.5 Å². The lowest BCUT2D eigenvalue weighted by molar-refractivity contribution is 0.0565. The van der Waals surface area contributed by atoms with Gasteiger partial charge in [0.05, 0.1) is 6.10 Å². The molecule has 0 aromatic carbocycles. The maximum atomic E-state index is 12.0. The van der Waals surface area contributed by atoms with Crippen LogP contribution in [-0.2, 0) is 0 Å². The molecule has 0 bridgehead atoms. The fourth-order valence-corrected chi connectivity index (χ4v) is 3.27. The van der Waals surface area contributed by atoms with Gasteiger partial charge in [0.2, 0.25) is 0 Å². The first-order chi connectivity index (χ1) is 9.66. The van der Waals surface area contributed by atoms with Crippen LogP contribution in [-0.4, -0.2) is 42.3 Å². The van der Waals surface area contributed by atoms with E-state index in [-0.39, 0.29) is 18.1 Å². The number of nitrogens with zero attached hydrogens (tertiary/aromatic N) is 1. The Balaban J connectivity index is 1.65. The highest BCUT2D eigenvalue weighted by atomic mass is 16.3. The third-order valence-corrected chi connectivity index (χ3v) is 4.58. The summed E-state index contributed by atoms with van der Waals surface area (Å²) in [6.45, 7) is 1.39. The van der Waals surface area contributed by atoms with Crippen molar-refractivity contribution in [1.82, 2.24) is 10.2 Å². The molecule has 0 aromatic rings. The van der Waals surface area contributed by atoms with E-state index in [0.29, 0.717) is 6.54 Å². The van der Waals surface area contributed by atoms with Crippen LogP contribution in [0.2, 0.25) is 0 Å². The van der Waals surface area contributed by atoms with Gasteiger partial charge in [0.15, 0.2) is 0 Å². The molecule has 2 aliphatic rings. The number of hydrogen-bond acceptors (Lipinski definition) is 2. The van der Waals surface area contributed by atoms with E-state index in [4.69, 9.17) is 0 Å². The molecule has 4 heteroatoms. The van der Waals surface area contributed by atoms with E-state index in [9.17, 15) is 9.90 Å². The average molecular weight is 280 g/mol. The largest absolute Gasteiger partial charge is 0.393 e. The van der Waals surface area contributed by atoms with Crippen LogP contribution in [0, 0.1) is 5.92 Å². The molecular formula is C16H28N2O2. The van der Waals surface area contributed by atoms with Crippen molar-refractivity contribution in [1.29, 1.82) is 0 Å². The van der Waals surface area contributed by atoms with Crippen LogP contribution in [0.5, 0.6) is 0 Å². The number of aliphatic hydroxyl groups excluding tert-OH is 1. The van der Waals surface area contributed by atoms with Gasteiger partial charge in [-0.2, -0.15) is 0 Å². The predicted molar refractivity (Wildman–Crippen MR) is 80.5 cm³/mol. The van der Waals surface area contributed by atoms with E-state index < -0.39 is 0 Å². The molecule has 0 aromatic heterocycles. The van der Waals surface area contributed by atoms with Crippen molar-refractivity contribution in [2.45, 2.75) is 57.5 Å². The molecule has 2 rings (SSSR count). The fraction of sp³-hybridized carbons (Fsp3) is 0.812. The second-order valence-corrected chi connectivity index (χ2v) is 6.23. The molecule has 114 valence electrons. The van der Waals surface area contributed by atoms with Crippen LogP contribution in [0.4, 0.5) is 4.79 Å². The van der Waals surface area contributed by atoms with Crippen molar-refractivity contribution in [3.05, 3.63) is 11.6 Å². The number of carbonyl (C=O) groups excluding carboxylic acids is 1. The van der Waals surface area contributed by atoms with Gasteiger partial charge >= 0.3 is 6.03 Å². The minimum Gasteiger partial charge on any atom is -0.393 e. The van der Waals surface area contributed by atoms with Gasteiger partial charge < -0.3 is 15.3 Å². The highest BCUT2D eigenvalue weighted by Gasteiger charge is 2.25. The summed E-state index contributed by atoms with van der Waals surface area (Å²) < 4.78 is 0. The van der Waals surface area contributed by atoms with Gasteiger partial charge in [0.1, 0.15) is 0 Å². The van der Waals surface area contributed by atoms with Crippen molar-refractivity contribution in [3.63, 3.8) is 0 Å². The van der Waals surface area contributed by atoms with Crippen molar-refractivity contribution < 1.29 is 9.90 Å². The van der Waals surface area contributed by atoms with Crippen molar-refractivity contribution in [2.75, 3.05) is 20.1 Å². The number of amides is 2. The first kappa shape index (κ1) is 15.4. The lowest BCUT2D eigenvalue weighted by Gasteiger charge is -2.31. The monoisotopic (exact) mass is 280 g/mol. The van der Waals surface area contributed by atoms with E-state index in [1.807, 2.05) is 7.05 Å². The zero-order valence-corrected chi connectivity index (χ0v) is 12.6. The van der Waals surface area contributed by atoms with Crippen LogP contribution in [0.1, 0.15) is 51.4 Å². The van der Waals surface area contributed by atoms with Gasteiger partial charge in [-0.3, -0.25) is 0 Å². The number of carbonyl (C=O) groups is 1. The molecule has 0 aliphatic heterocycles. The van der Waals surface area contributed by atoms with E-state index in [1.165, 1.54) is 31.3 Å². The highest BCUT2D eigenvalue weighted by molar-refractivity contribution is 5.73. The molecule has 0 radical (unpaired) electrons. The zero-order valence-electron chi connectivity index (χ0n) is 12.6. The Hall–Kier alpha value is -1.03. The molecule has 2 atom stereocenters. The second-order valence-electron chi connectivity index (χ2n) is 6.23. The quantitative estimate of drug-likeness (QED) is 0.761. The topological polar surface area (TPSA) is 52.6 Å². The minimum absolute atomic E-state index is 0.0126. The van der Waals surface area contributed by atoms with E-state index in [0.717, 1.165) is 32.2 Å². The Kier molecular flexibility index (Phi) is 5.89. The van der Waals surface area contributed by atoms with Gasteiger partial charge in [0.25, 0.3) is 0 Å². The van der Waals surface area contributed by atoms with Crippen LogP contribution in [0.15, 0.2) is 11.6 Å². The molecular weight excluding hydrogens is 252 g/mol. The molecule has 1 saturated carbocycles. The molecule has 0 heterocycles. The Morgan fingerprint density at radius 2 is 2.20 bits per heavy atom. The van der Waals surface area contributed by atoms with Gasteiger partial charge in [-0.1, -0.05) is 24.5 Å². The molecule has 1 fully saturated rings. The summed E-state index contributed by atoms with van der Waals surface area (Å²) in [7, 11) is 1.82. The molecule has 2 amide bonds. The number of aliphatic hydroxyl groups is 1. The van der Waals surface area contributed by atoms with Crippen LogP contribution < -0.4 is 5.32 Å². The smallest absolute Gasteiger partial charge is 0.317 e. The summed E-state index contributed by atoms with van der Waals surface area (Å²) in [5, 5.41) is 12.9. The molecule has 2 N–H and O–H groups in total. The fourth-order valence-electron chi connectivity index (χ4n) is 3.27. The maximum absolute atomic E-state index is 12.0. The Bertz CT molecular complexity index is 354. The number of allylic oxidation sites excluding steroid dienone is 1. The van der Waals surface area contributed by atoms with Gasteiger partial charge in [0, 0.05) is 26.1 Å². The summed E-state index contributed by atoms with van der Waals surface area (Å²) in [6.07, 6.45) is 10.9. The molecule has 0 spiro atoms. The summed E-state index contributed by atoms with van der Waals surface area (Å²) in [5.41, 5.74) is 1.48. The molecule has 0 saturated heterocycles. The number of nitrogens with one attached hydrogen (secondary N) is 1. The average Bonchev–Trinajstić information content (AvgIpc) is 2.94. The Morgan fingerprint density at radius 1 is 1.40 bits per heavy atom. The van der Waals surface area contributed by atoms with Crippen LogP contribution >= 0.6 is 0 Å². The third kappa shape index (κ3) is 4.51. The number of hydrogen-bond donors (Lipinski definition) is 2. The maximum Gasteiger partial charge on any atom is 0.317 e. The predicted octanol–water partition coefficient (Wildman–Crippen LogP) is 2.68. The van der Waals surface area contributed by atoms with Crippen LogP contribution in [0.25, 0.3) is 0 Å². The Labute approximate surface area is 122 Å². The van der Waals surface area contributed by atoms with Crippen molar-refractivity contribution in [3.8, 4) is 0 Å². The minimum atomic E-state index is -0.234. The number of urea groups is 1.